The van der Waals surface area contributed by atoms with E-state index in [0.29, 0.717) is 19.3 Å². The van der Waals surface area contributed by atoms with Gasteiger partial charge >= 0.3 is 0 Å². The molecular formula is C15H32O4S. The predicted octanol–water partition coefficient (Wildman–Crippen LogP) is 3.94. The number of aliphatic hydroxyl groups excluding tert-OH is 1. The lowest BCUT2D eigenvalue weighted by Gasteiger charge is -2.09. The minimum atomic E-state index is -3.84. The molecule has 0 aromatic carbocycles. The van der Waals surface area contributed by atoms with Gasteiger partial charge in [-0.2, -0.15) is 8.42 Å². The summed E-state index contributed by atoms with van der Waals surface area (Å²) in [5.41, 5.74) is 0. The average Bonchev–Trinajstić information content (AvgIpc) is 2.37. The second-order valence-electron chi connectivity index (χ2n) is 5.70. The van der Waals surface area contributed by atoms with Crippen molar-refractivity contribution >= 4 is 10.1 Å². The quantitative estimate of drug-likeness (QED) is 0.376. The van der Waals surface area contributed by atoms with Gasteiger partial charge < -0.3 is 5.11 Å². The molecule has 0 spiro atoms. The number of rotatable bonds is 14. The Balaban J connectivity index is 3.26. The molecule has 2 N–H and O–H groups in total. The highest BCUT2D eigenvalue weighted by Gasteiger charge is 2.07. The summed E-state index contributed by atoms with van der Waals surface area (Å²) >= 11 is 0. The normalized spacial score (nSPS) is 13.6. The molecule has 0 rings (SSSR count). The van der Waals surface area contributed by atoms with E-state index in [2.05, 4.69) is 6.92 Å². The SMILES string of the molecule is CCCCCCCCCCC(O)CCCCS(=O)(=O)O. The Kier molecular flexibility index (Phi) is 12.5. The van der Waals surface area contributed by atoms with E-state index in [1.807, 2.05) is 0 Å². The van der Waals surface area contributed by atoms with Gasteiger partial charge in [-0.1, -0.05) is 58.3 Å². The Bertz CT molecular complexity index is 301. The van der Waals surface area contributed by atoms with Gasteiger partial charge in [-0.3, -0.25) is 4.55 Å². The highest BCUT2D eigenvalue weighted by Crippen LogP contribution is 2.13. The van der Waals surface area contributed by atoms with Gasteiger partial charge in [0.15, 0.2) is 0 Å². The maximum atomic E-state index is 10.5. The zero-order chi connectivity index (χ0) is 15.3. The molecule has 0 bridgehead atoms. The second-order valence-corrected chi connectivity index (χ2v) is 7.27. The highest BCUT2D eigenvalue weighted by atomic mass is 32.2. The molecule has 122 valence electrons. The lowest BCUT2D eigenvalue weighted by Crippen LogP contribution is -2.08. The van der Waals surface area contributed by atoms with E-state index in [1.165, 1.54) is 44.9 Å². The second kappa shape index (κ2) is 12.6. The molecular weight excluding hydrogens is 276 g/mol. The zero-order valence-electron chi connectivity index (χ0n) is 12.9. The van der Waals surface area contributed by atoms with E-state index in [1.54, 1.807) is 0 Å². The first-order chi connectivity index (χ1) is 9.45. The van der Waals surface area contributed by atoms with E-state index in [-0.39, 0.29) is 11.9 Å². The Morgan fingerprint density at radius 1 is 0.800 bits per heavy atom. The van der Waals surface area contributed by atoms with Gasteiger partial charge in [0, 0.05) is 0 Å². The van der Waals surface area contributed by atoms with E-state index in [0.717, 1.165) is 12.8 Å². The minimum absolute atomic E-state index is 0.197. The monoisotopic (exact) mass is 308 g/mol. The van der Waals surface area contributed by atoms with Crippen LogP contribution >= 0.6 is 0 Å². The molecule has 1 atom stereocenters. The van der Waals surface area contributed by atoms with Crippen LogP contribution in [0.15, 0.2) is 0 Å². The van der Waals surface area contributed by atoms with Crippen LogP contribution in [-0.2, 0) is 10.1 Å². The number of hydrogen-bond donors (Lipinski definition) is 2. The number of unbranched alkanes of at least 4 members (excludes halogenated alkanes) is 8. The summed E-state index contributed by atoms with van der Waals surface area (Å²) in [6.45, 7) is 2.22. The fourth-order valence-electron chi connectivity index (χ4n) is 2.32. The maximum absolute atomic E-state index is 10.5. The van der Waals surface area contributed by atoms with Crippen LogP contribution in [0.2, 0.25) is 0 Å². The summed E-state index contributed by atoms with van der Waals surface area (Å²) in [7, 11) is -3.84. The van der Waals surface area contributed by atoms with Crippen LogP contribution in [0.25, 0.3) is 0 Å². The van der Waals surface area contributed by atoms with Crippen molar-refractivity contribution in [1.82, 2.24) is 0 Å². The summed E-state index contributed by atoms with van der Waals surface area (Å²) in [4.78, 5) is 0. The van der Waals surface area contributed by atoms with Gasteiger partial charge in [0.1, 0.15) is 0 Å². The van der Waals surface area contributed by atoms with Gasteiger partial charge in [0.25, 0.3) is 10.1 Å². The topological polar surface area (TPSA) is 74.6 Å². The third kappa shape index (κ3) is 15.9. The first-order valence-corrected chi connectivity index (χ1v) is 9.70. The molecule has 0 amide bonds. The molecule has 0 aromatic heterocycles. The van der Waals surface area contributed by atoms with Crippen molar-refractivity contribution in [2.75, 3.05) is 5.75 Å². The zero-order valence-corrected chi connectivity index (χ0v) is 13.7. The standard InChI is InChI=1S/C15H32O4S/c1-2-3-4-5-6-7-8-9-12-15(16)13-10-11-14-20(17,18)19/h15-16H,2-14H2,1H3,(H,17,18,19). The molecule has 1 unspecified atom stereocenters. The maximum Gasteiger partial charge on any atom is 0.264 e. The van der Waals surface area contributed by atoms with Crippen LogP contribution in [0.4, 0.5) is 0 Å². The van der Waals surface area contributed by atoms with Gasteiger partial charge in [-0.05, 0) is 25.7 Å². The van der Waals surface area contributed by atoms with Crippen LogP contribution < -0.4 is 0 Å². The van der Waals surface area contributed by atoms with E-state index < -0.39 is 10.1 Å². The van der Waals surface area contributed by atoms with Crippen molar-refractivity contribution in [1.29, 1.82) is 0 Å². The highest BCUT2D eigenvalue weighted by molar-refractivity contribution is 7.85. The van der Waals surface area contributed by atoms with Gasteiger partial charge in [-0.25, -0.2) is 0 Å². The van der Waals surface area contributed by atoms with Crippen LogP contribution in [0, 0.1) is 0 Å². The average molecular weight is 308 g/mol. The van der Waals surface area contributed by atoms with Crippen molar-refractivity contribution in [3.8, 4) is 0 Å². The Morgan fingerprint density at radius 3 is 1.75 bits per heavy atom. The van der Waals surface area contributed by atoms with Gasteiger partial charge in [-0.15, -0.1) is 0 Å². The molecule has 0 aliphatic rings. The molecule has 0 aliphatic heterocycles. The van der Waals surface area contributed by atoms with Crippen molar-refractivity contribution in [3.05, 3.63) is 0 Å². The van der Waals surface area contributed by atoms with E-state index >= 15 is 0 Å². The van der Waals surface area contributed by atoms with Crippen molar-refractivity contribution in [2.24, 2.45) is 0 Å². The summed E-state index contributed by atoms with van der Waals surface area (Å²) in [5, 5.41) is 9.74. The van der Waals surface area contributed by atoms with E-state index in [4.69, 9.17) is 4.55 Å². The largest absolute Gasteiger partial charge is 0.393 e. The first-order valence-electron chi connectivity index (χ1n) is 8.09. The summed E-state index contributed by atoms with van der Waals surface area (Å²) < 4.78 is 29.6. The summed E-state index contributed by atoms with van der Waals surface area (Å²) in [6.07, 6.45) is 12.2. The van der Waals surface area contributed by atoms with Gasteiger partial charge in [0.05, 0.1) is 11.9 Å². The molecule has 20 heavy (non-hydrogen) atoms. The Labute approximate surface area is 124 Å². The smallest absolute Gasteiger partial charge is 0.264 e. The third-order valence-corrected chi connectivity index (χ3v) is 4.39. The summed E-state index contributed by atoms with van der Waals surface area (Å²) in [5.74, 6) is -0.197. The van der Waals surface area contributed by atoms with Crippen LogP contribution in [0.3, 0.4) is 0 Å². The van der Waals surface area contributed by atoms with Crippen LogP contribution in [-0.4, -0.2) is 29.9 Å². The molecule has 0 aromatic rings. The molecule has 0 radical (unpaired) electrons. The molecule has 0 saturated heterocycles. The molecule has 0 aliphatic carbocycles. The molecule has 0 heterocycles. The summed E-state index contributed by atoms with van der Waals surface area (Å²) in [6, 6.07) is 0. The molecule has 5 heteroatoms. The lowest BCUT2D eigenvalue weighted by molar-refractivity contribution is 0.148. The first kappa shape index (κ1) is 19.9. The van der Waals surface area contributed by atoms with E-state index in [9.17, 15) is 13.5 Å². The number of aliphatic hydroxyl groups is 1. The number of hydrogen-bond acceptors (Lipinski definition) is 3. The van der Waals surface area contributed by atoms with Crippen LogP contribution in [0.5, 0.6) is 0 Å². The van der Waals surface area contributed by atoms with Crippen LogP contribution in [0.1, 0.15) is 84.0 Å². The minimum Gasteiger partial charge on any atom is -0.393 e. The molecule has 0 saturated carbocycles. The third-order valence-electron chi connectivity index (χ3n) is 3.58. The molecule has 0 fully saturated rings. The van der Waals surface area contributed by atoms with Crippen molar-refractivity contribution in [3.63, 3.8) is 0 Å². The van der Waals surface area contributed by atoms with Crippen molar-refractivity contribution in [2.45, 2.75) is 90.1 Å². The fourth-order valence-corrected chi connectivity index (χ4v) is 2.89. The fraction of sp³-hybridized carbons (Fsp3) is 1.00. The lowest BCUT2D eigenvalue weighted by atomic mass is 10.0. The Morgan fingerprint density at radius 2 is 1.25 bits per heavy atom. The van der Waals surface area contributed by atoms with Crippen molar-refractivity contribution < 1.29 is 18.1 Å². The van der Waals surface area contributed by atoms with Gasteiger partial charge in [0.2, 0.25) is 0 Å². The predicted molar refractivity (Wildman–Crippen MR) is 83.5 cm³/mol. The molecule has 4 nitrogen and oxygen atoms in total. The Hall–Kier alpha value is -0.130.